The first-order valence-electron chi connectivity index (χ1n) is 7.10. The lowest BCUT2D eigenvalue weighted by molar-refractivity contribution is 0.0923. The Morgan fingerprint density at radius 2 is 2.05 bits per heavy atom. The van der Waals surface area contributed by atoms with Crippen LogP contribution < -0.4 is 5.32 Å². The summed E-state index contributed by atoms with van der Waals surface area (Å²) < 4.78 is 18.0. The van der Waals surface area contributed by atoms with Gasteiger partial charge in [-0.05, 0) is 51.7 Å². The third kappa shape index (κ3) is 4.39. The van der Waals surface area contributed by atoms with E-state index in [0.717, 1.165) is 12.1 Å². The Balaban J connectivity index is 2.13. The first kappa shape index (κ1) is 16.2. The predicted molar refractivity (Wildman–Crippen MR) is 81.0 cm³/mol. The molecule has 0 bridgehead atoms. The Bertz CT molecular complexity index is 623. The molecule has 1 aromatic heterocycles. The van der Waals surface area contributed by atoms with Gasteiger partial charge < -0.3 is 14.7 Å². The molecule has 22 heavy (non-hydrogen) atoms. The van der Waals surface area contributed by atoms with Crippen molar-refractivity contribution < 1.29 is 13.7 Å². The minimum absolute atomic E-state index is 0.215. The first-order valence-corrected chi connectivity index (χ1v) is 7.10. The van der Waals surface area contributed by atoms with Crippen molar-refractivity contribution in [3.63, 3.8) is 0 Å². The SMILES string of the molecule is Cc1cc(C(=O)NC(CCN(C)C)c2ccc(F)cc2)no1. The number of carbonyl (C=O) groups excluding carboxylic acids is 1. The van der Waals surface area contributed by atoms with Crippen molar-refractivity contribution >= 4 is 5.91 Å². The summed E-state index contributed by atoms with van der Waals surface area (Å²) in [4.78, 5) is 14.3. The summed E-state index contributed by atoms with van der Waals surface area (Å²) in [7, 11) is 3.93. The maximum atomic E-state index is 13.1. The molecule has 0 aliphatic carbocycles. The van der Waals surface area contributed by atoms with E-state index in [-0.39, 0.29) is 23.5 Å². The van der Waals surface area contributed by atoms with Crippen LogP contribution in [0, 0.1) is 12.7 Å². The van der Waals surface area contributed by atoms with E-state index in [0.29, 0.717) is 12.2 Å². The molecule has 1 aromatic carbocycles. The number of aryl methyl sites for hydroxylation is 1. The van der Waals surface area contributed by atoms with E-state index in [2.05, 4.69) is 10.5 Å². The maximum Gasteiger partial charge on any atom is 0.273 e. The minimum Gasteiger partial charge on any atom is -0.361 e. The number of benzene rings is 1. The Morgan fingerprint density at radius 3 is 2.59 bits per heavy atom. The van der Waals surface area contributed by atoms with Gasteiger partial charge in [-0.15, -0.1) is 0 Å². The van der Waals surface area contributed by atoms with Crippen LogP contribution in [0.3, 0.4) is 0 Å². The summed E-state index contributed by atoms with van der Waals surface area (Å²) in [6, 6.07) is 7.53. The molecule has 0 aliphatic heterocycles. The quantitative estimate of drug-likeness (QED) is 0.891. The summed E-state index contributed by atoms with van der Waals surface area (Å²) >= 11 is 0. The number of nitrogens with one attached hydrogen (secondary N) is 1. The van der Waals surface area contributed by atoms with Gasteiger partial charge in [0.15, 0.2) is 5.69 Å². The van der Waals surface area contributed by atoms with Crippen LogP contribution in [0.5, 0.6) is 0 Å². The van der Waals surface area contributed by atoms with E-state index in [1.54, 1.807) is 25.1 Å². The molecule has 1 heterocycles. The van der Waals surface area contributed by atoms with E-state index in [4.69, 9.17) is 4.52 Å². The zero-order valence-electron chi connectivity index (χ0n) is 13.0. The fraction of sp³-hybridized carbons (Fsp3) is 0.375. The molecule has 2 aromatic rings. The molecule has 1 atom stereocenters. The lowest BCUT2D eigenvalue weighted by atomic mass is 10.0. The number of aromatic nitrogens is 1. The fourth-order valence-electron chi connectivity index (χ4n) is 2.11. The summed E-state index contributed by atoms with van der Waals surface area (Å²) in [6.45, 7) is 2.52. The van der Waals surface area contributed by atoms with Gasteiger partial charge in [0.05, 0.1) is 6.04 Å². The van der Waals surface area contributed by atoms with Crippen LogP contribution >= 0.6 is 0 Å². The number of amides is 1. The number of hydrogen-bond acceptors (Lipinski definition) is 4. The Morgan fingerprint density at radius 1 is 1.36 bits per heavy atom. The second kappa shape index (κ2) is 7.17. The average molecular weight is 305 g/mol. The lowest BCUT2D eigenvalue weighted by Gasteiger charge is -2.20. The maximum absolute atomic E-state index is 13.1. The number of hydrogen-bond donors (Lipinski definition) is 1. The van der Waals surface area contributed by atoms with E-state index < -0.39 is 0 Å². The third-order valence-corrected chi connectivity index (χ3v) is 3.30. The van der Waals surface area contributed by atoms with Crippen molar-refractivity contribution in [3.8, 4) is 0 Å². The van der Waals surface area contributed by atoms with Crippen LogP contribution in [-0.2, 0) is 0 Å². The molecule has 5 nitrogen and oxygen atoms in total. The lowest BCUT2D eigenvalue weighted by Crippen LogP contribution is -2.31. The third-order valence-electron chi connectivity index (χ3n) is 3.30. The summed E-state index contributed by atoms with van der Waals surface area (Å²) in [5, 5.41) is 6.64. The Hall–Kier alpha value is -2.21. The minimum atomic E-state index is -0.301. The molecular weight excluding hydrogens is 285 g/mol. The van der Waals surface area contributed by atoms with Crippen LogP contribution in [0.2, 0.25) is 0 Å². The summed E-state index contributed by atoms with van der Waals surface area (Å²) in [5.74, 6) is -0.0183. The average Bonchev–Trinajstić information content (AvgIpc) is 2.91. The van der Waals surface area contributed by atoms with E-state index in [9.17, 15) is 9.18 Å². The van der Waals surface area contributed by atoms with Crippen LogP contribution in [-0.4, -0.2) is 36.6 Å². The Kier molecular flexibility index (Phi) is 5.27. The van der Waals surface area contributed by atoms with Gasteiger partial charge in [0.2, 0.25) is 0 Å². The molecule has 0 aliphatic rings. The highest BCUT2D eigenvalue weighted by Crippen LogP contribution is 2.18. The van der Waals surface area contributed by atoms with Gasteiger partial charge in [-0.3, -0.25) is 4.79 Å². The topological polar surface area (TPSA) is 58.4 Å². The van der Waals surface area contributed by atoms with Crippen molar-refractivity contribution in [2.45, 2.75) is 19.4 Å². The Labute approximate surface area is 129 Å². The highest BCUT2D eigenvalue weighted by Gasteiger charge is 2.18. The van der Waals surface area contributed by atoms with Gasteiger partial charge in [-0.1, -0.05) is 17.3 Å². The molecule has 6 heteroatoms. The molecule has 1 amide bonds. The fourth-order valence-corrected chi connectivity index (χ4v) is 2.11. The molecule has 0 fully saturated rings. The zero-order chi connectivity index (χ0) is 16.1. The van der Waals surface area contributed by atoms with Crippen molar-refractivity contribution in [1.29, 1.82) is 0 Å². The molecule has 118 valence electrons. The number of halogens is 1. The molecule has 0 saturated carbocycles. The number of carbonyl (C=O) groups is 1. The monoisotopic (exact) mass is 305 g/mol. The van der Waals surface area contributed by atoms with Crippen molar-refractivity contribution in [2.75, 3.05) is 20.6 Å². The normalized spacial score (nSPS) is 12.4. The van der Waals surface area contributed by atoms with Crippen LogP contribution in [0.25, 0.3) is 0 Å². The molecule has 0 radical (unpaired) electrons. The number of nitrogens with zero attached hydrogens (tertiary/aromatic N) is 2. The van der Waals surface area contributed by atoms with Crippen LogP contribution in [0.1, 0.15) is 34.3 Å². The van der Waals surface area contributed by atoms with Crippen molar-refractivity contribution in [3.05, 3.63) is 53.2 Å². The smallest absolute Gasteiger partial charge is 0.273 e. The zero-order valence-corrected chi connectivity index (χ0v) is 13.0. The number of rotatable bonds is 6. The van der Waals surface area contributed by atoms with Gasteiger partial charge in [0.1, 0.15) is 11.6 Å². The van der Waals surface area contributed by atoms with Gasteiger partial charge in [0, 0.05) is 6.07 Å². The van der Waals surface area contributed by atoms with Crippen molar-refractivity contribution in [2.24, 2.45) is 0 Å². The van der Waals surface area contributed by atoms with Gasteiger partial charge in [0.25, 0.3) is 5.91 Å². The largest absolute Gasteiger partial charge is 0.361 e. The van der Waals surface area contributed by atoms with Gasteiger partial charge in [-0.25, -0.2) is 4.39 Å². The highest BCUT2D eigenvalue weighted by molar-refractivity contribution is 5.92. The summed E-state index contributed by atoms with van der Waals surface area (Å²) in [5.41, 5.74) is 1.10. The molecule has 0 saturated heterocycles. The second-order valence-electron chi connectivity index (χ2n) is 5.49. The van der Waals surface area contributed by atoms with Gasteiger partial charge >= 0.3 is 0 Å². The molecule has 1 N–H and O–H groups in total. The van der Waals surface area contributed by atoms with E-state index in [1.165, 1.54) is 12.1 Å². The molecule has 1 unspecified atom stereocenters. The predicted octanol–water partition coefficient (Wildman–Crippen LogP) is 2.54. The molecule has 0 spiro atoms. The van der Waals surface area contributed by atoms with Crippen LogP contribution in [0.4, 0.5) is 4.39 Å². The van der Waals surface area contributed by atoms with Crippen molar-refractivity contribution in [1.82, 2.24) is 15.4 Å². The first-order chi connectivity index (χ1) is 10.5. The summed E-state index contributed by atoms with van der Waals surface area (Å²) in [6.07, 6.45) is 0.710. The van der Waals surface area contributed by atoms with Gasteiger partial charge in [-0.2, -0.15) is 0 Å². The molecular formula is C16H20FN3O2. The van der Waals surface area contributed by atoms with E-state index >= 15 is 0 Å². The molecule has 2 rings (SSSR count). The van der Waals surface area contributed by atoms with E-state index in [1.807, 2.05) is 19.0 Å². The second-order valence-corrected chi connectivity index (χ2v) is 5.49. The highest BCUT2D eigenvalue weighted by atomic mass is 19.1. The standard InChI is InChI=1S/C16H20FN3O2/c1-11-10-15(19-22-11)16(21)18-14(8-9-20(2)3)12-4-6-13(17)7-5-12/h4-7,10,14H,8-9H2,1-3H3,(H,18,21). The van der Waals surface area contributed by atoms with Crippen LogP contribution in [0.15, 0.2) is 34.9 Å².